The highest BCUT2D eigenvalue weighted by Gasteiger charge is 2.36. The van der Waals surface area contributed by atoms with E-state index in [1.807, 2.05) is 17.0 Å². The van der Waals surface area contributed by atoms with Gasteiger partial charge in [-0.3, -0.25) is 4.79 Å². The van der Waals surface area contributed by atoms with Crippen molar-refractivity contribution in [1.29, 1.82) is 0 Å². The number of carbonyl (C=O) groups is 1. The van der Waals surface area contributed by atoms with E-state index in [1.165, 1.54) is 0 Å². The molecule has 4 nitrogen and oxygen atoms in total. The van der Waals surface area contributed by atoms with Gasteiger partial charge in [-0.1, -0.05) is 0 Å². The molecule has 2 saturated heterocycles. The van der Waals surface area contributed by atoms with Gasteiger partial charge in [0.25, 0.3) is 0 Å². The van der Waals surface area contributed by atoms with Crippen molar-refractivity contribution in [2.75, 3.05) is 13.1 Å². The molecule has 0 bridgehead atoms. The lowest BCUT2D eigenvalue weighted by molar-refractivity contribution is -0.138. The van der Waals surface area contributed by atoms with Crippen LogP contribution >= 0.6 is 12.4 Å². The van der Waals surface area contributed by atoms with Crippen LogP contribution in [0, 0.1) is 5.92 Å². The van der Waals surface area contributed by atoms with E-state index in [4.69, 9.17) is 4.42 Å². The van der Waals surface area contributed by atoms with E-state index in [9.17, 15) is 4.79 Å². The van der Waals surface area contributed by atoms with Gasteiger partial charge in [-0.05, 0) is 51.3 Å². The van der Waals surface area contributed by atoms with Crippen LogP contribution in [-0.4, -0.2) is 29.9 Å². The van der Waals surface area contributed by atoms with Crippen molar-refractivity contribution in [2.45, 2.75) is 44.7 Å². The fraction of sp³-hybridized carbons (Fsp3) is 0.667. The van der Waals surface area contributed by atoms with Crippen LogP contribution < -0.4 is 5.32 Å². The number of rotatable bonds is 2. The fourth-order valence-electron chi connectivity index (χ4n) is 3.40. The molecule has 3 rings (SSSR count). The molecule has 0 spiro atoms. The second-order valence-corrected chi connectivity index (χ2v) is 5.78. The first-order valence-corrected chi connectivity index (χ1v) is 7.33. The molecule has 1 amide bonds. The topological polar surface area (TPSA) is 45.5 Å². The first-order valence-electron chi connectivity index (χ1n) is 7.33. The monoisotopic (exact) mass is 298 g/mol. The summed E-state index contributed by atoms with van der Waals surface area (Å²) in [5, 5.41) is 3.41. The van der Waals surface area contributed by atoms with Crippen LogP contribution in [0.1, 0.15) is 44.4 Å². The van der Waals surface area contributed by atoms with Crippen LogP contribution in [0.15, 0.2) is 22.8 Å². The van der Waals surface area contributed by atoms with Crippen molar-refractivity contribution in [1.82, 2.24) is 10.2 Å². The van der Waals surface area contributed by atoms with Crippen molar-refractivity contribution in [2.24, 2.45) is 5.92 Å². The van der Waals surface area contributed by atoms with Gasteiger partial charge in [0.15, 0.2) is 0 Å². The summed E-state index contributed by atoms with van der Waals surface area (Å²) in [7, 11) is 0. The van der Waals surface area contributed by atoms with E-state index in [0.717, 1.165) is 44.5 Å². The lowest BCUT2D eigenvalue weighted by atomic mass is 9.91. The molecule has 20 heavy (non-hydrogen) atoms. The molecular weight excluding hydrogens is 276 g/mol. The first kappa shape index (κ1) is 15.4. The standard InChI is InChI=1S/C15H22N2O2.ClH/c1-11-10-12(6-7-16-11)15(18)17-8-2-4-13(17)14-5-3-9-19-14;/h3,5,9,11-13,16H,2,4,6-8,10H2,1H3;1H/t11-,12-,13?;/m0./s1. The summed E-state index contributed by atoms with van der Waals surface area (Å²) < 4.78 is 5.50. The van der Waals surface area contributed by atoms with Crippen LogP contribution in [0.2, 0.25) is 0 Å². The highest BCUT2D eigenvalue weighted by Crippen LogP contribution is 2.34. The van der Waals surface area contributed by atoms with Crippen LogP contribution in [-0.2, 0) is 4.79 Å². The quantitative estimate of drug-likeness (QED) is 0.913. The number of likely N-dealkylation sites (tertiary alicyclic amines) is 1. The molecule has 112 valence electrons. The van der Waals surface area contributed by atoms with Gasteiger partial charge in [-0.2, -0.15) is 0 Å². The maximum Gasteiger partial charge on any atom is 0.226 e. The molecular formula is C15H23ClN2O2. The molecule has 2 aliphatic rings. The van der Waals surface area contributed by atoms with Gasteiger partial charge in [0.05, 0.1) is 12.3 Å². The minimum absolute atomic E-state index is 0. The smallest absolute Gasteiger partial charge is 0.226 e. The Kier molecular flexibility index (Phi) is 5.11. The van der Waals surface area contributed by atoms with Crippen molar-refractivity contribution < 1.29 is 9.21 Å². The summed E-state index contributed by atoms with van der Waals surface area (Å²) in [5.41, 5.74) is 0. The maximum atomic E-state index is 12.7. The zero-order valence-electron chi connectivity index (χ0n) is 11.9. The summed E-state index contributed by atoms with van der Waals surface area (Å²) in [6.07, 6.45) is 5.73. The molecule has 2 fully saturated rings. The minimum atomic E-state index is 0. The Hall–Kier alpha value is -1.00. The lowest BCUT2D eigenvalue weighted by Crippen LogP contribution is -2.43. The molecule has 1 aromatic rings. The van der Waals surface area contributed by atoms with Crippen LogP contribution in [0.4, 0.5) is 0 Å². The minimum Gasteiger partial charge on any atom is -0.467 e. The van der Waals surface area contributed by atoms with E-state index < -0.39 is 0 Å². The number of nitrogens with zero attached hydrogens (tertiary/aromatic N) is 1. The summed E-state index contributed by atoms with van der Waals surface area (Å²) in [6.45, 7) is 3.99. The largest absolute Gasteiger partial charge is 0.467 e. The Morgan fingerprint density at radius 2 is 2.30 bits per heavy atom. The fourth-order valence-corrected chi connectivity index (χ4v) is 3.40. The van der Waals surface area contributed by atoms with Gasteiger partial charge < -0.3 is 14.6 Å². The van der Waals surface area contributed by atoms with Gasteiger partial charge in [0.2, 0.25) is 5.91 Å². The predicted molar refractivity (Wildman–Crippen MR) is 79.8 cm³/mol. The Morgan fingerprint density at radius 3 is 3.00 bits per heavy atom. The molecule has 3 atom stereocenters. The number of halogens is 1. The highest BCUT2D eigenvalue weighted by molar-refractivity contribution is 5.85. The molecule has 5 heteroatoms. The van der Waals surface area contributed by atoms with Gasteiger partial charge in [-0.25, -0.2) is 0 Å². The molecule has 1 N–H and O–H groups in total. The number of hydrogen-bond donors (Lipinski definition) is 1. The zero-order valence-corrected chi connectivity index (χ0v) is 12.7. The summed E-state index contributed by atoms with van der Waals surface area (Å²) >= 11 is 0. The molecule has 1 aromatic heterocycles. The molecule has 0 radical (unpaired) electrons. The van der Waals surface area contributed by atoms with Crippen molar-refractivity contribution in [3.8, 4) is 0 Å². The average molecular weight is 299 g/mol. The Morgan fingerprint density at radius 1 is 1.45 bits per heavy atom. The van der Waals surface area contributed by atoms with Gasteiger partial charge >= 0.3 is 0 Å². The summed E-state index contributed by atoms with van der Waals surface area (Å²) in [5.74, 6) is 1.45. The van der Waals surface area contributed by atoms with E-state index in [2.05, 4.69) is 12.2 Å². The number of furan rings is 1. The van der Waals surface area contributed by atoms with Crippen LogP contribution in [0.3, 0.4) is 0 Å². The van der Waals surface area contributed by atoms with Crippen molar-refractivity contribution in [3.63, 3.8) is 0 Å². The molecule has 0 aliphatic carbocycles. The predicted octanol–water partition coefficient (Wildman–Crippen LogP) is 2.75. The van der Waals surface area contributed by atoms with E-state index in [1.54, 1.807) is 6.26 Å². The molecule has 0 saturated carbocycles. The first-order chi connectivity index (χ1) is 9.25. The second-order valence-electron chi connectivity index (χ2n) is 5.78. The SMILES string of the molecule is C[C@H]1C[C@@H](C(=O)N2CCCC2c2ccco2)CCN1.Cl. The number of carbonyl (C=O) groups excluding carboxylic acids is 1. The van der Waals surface area contributed by atoms with E-state index in [-0.39, 0.29) is 24.4 Å². The van der Waals surface area contributed by atoms with Crippen LogP contribution in [0.5, 0.6) is 0 Å². The number of amides is 1. The third-order valence-electron chi connectivity index (χ3n) is 4.38. The molecule has 1 unspecified atom stereocenters. The normalized spacial score (nSPS) is 30.1. The number of hydrogen-bond acceptors (Lipinski definition) is 3. The third kappa shape index (κ3) is 3.01. The Balaban J connectivity index is 0.00000147. The number of nitrogens with one attached hydrogen (secondary N) is 1. The van der Waals surface area contributed by atoms with Gasteiger partial charge in [0.1, 0.15) is 5.76 Å². The number of piperidine rings is 1. The van der Waals surface area contributed by atoms with Crippen molar-refractivity contribution >= 4 is 18.3 Å². The second kappa shape index (κ2) is 6.64. The van der Waals surface area contributed by atoms with E-state index >= 15 is 0 Å². The molecule has 0 aromatic carbocycles. The summed E-state index contributed by atoms with van der Waals surface area (Å²) in [6, 6.07) is 4.50. The Labute approximate surface area is 126 Å². The van der Waals surface area contributed by atoms with Crippen molar-refractivity contribution in [3.05, 3.63) is 24.2 Å². The maximum absolute atomic E-state index is 12.7. The highest BCUT2D eigenvalue weighted by atomic mass is 35.5. The average Bonchev–Trinajstić information content (AvgIpc) is 3.08. The third-order valence-corrected chi connectivity index (χ3v) is 4.38. The zero-order chi connectivity index (χ0) is 13.2. The Bertz CT molecular complexity index is 435. The van der Waals surface area contributed by atoms with E-state index in [0.29, 0.717) is 11.9 Å². The summed E-state index contributed by atoms with van der Waals surface area (Å²) in [4.78, 5) is 14.8. The van der Waals surface area contributed by atoms with Gasteiger partial charge in [-0.15, -0.1) is 12.4 Å². The van der Waals surface area contributed by atoms with Crippen LogP contribution in [0.25, 0.3) is 0 Å². The molecule has 2 aliphatic heterocycles. The molecule has 3 heterocycles. The van der Waals surface area contributed by atoms with Gasteiger partial charge in [0, 0.05) is 18.5 Å². The lowest BCUT2D eigenvalue weighted by Gasteiger charge is -2.32.